The SMILES string of the molecule is CC#CCn1ccc(C(=O)c2cncnc2C[C@@H]2C[C@H](COS(N)(=O)=O)[C@@H](O)C2)n1. The maximum atomic E-state index is 12.9. The van der Waals surface area contributed by atoms with E-state index in [9.17, 15) is 18.3 Å². The van der Waals surface area contributed by atoms with Gasteiger partial charge < -0.3 is 5.11 Å². The average Bonchev–Trinajstić information content (AvgIpc) is 3.30. The van der Waals surface area contributed by atoms with E-state index in [4.69, 9.17) is 5.14 Å². The maximum Gasteiger partial charge on any atom is 0.333 e. The minimum absolute atomic E-state index is 0.00733. The monoisotopic (exact) mass is 433 g/mol. The van der Waals surface area contributed by atoms with Gasteiger partial charge in [0.15, 0.2) is 0 Å². The van der Waals surface area contributed by atoms with Crippen LogP contribution in [-0.2, 0) is 27.5 Å². The zero-order chi connectivity index (χ0) is 21.7. The highest BCUT2D eigenvalue weighted by Crippen LogP contribution is 2.34. The van der Waals surface area contributed by atoms with Crippen LogP contribution in [0.4, 0.5) is 0 Å². The van der Waals surface area contributed by atoms with Gasteiger partial charge in [0.25, 0.3) is 0 Å². The number of nitrogens with two attached hydrogens (primary N) is 1. The molecule has 0 aromatic carbocycles. The molecule has 0 unspecified atom stereocenters. The van der Waals surface area contributed by atoms with Gasteiger partial charge in [-0.15, -0.1) is 5.92 Å². The van der Waals surface area contributed by atoms with Gasteiger partial charge in [-0.2, -0.15) is 13.5 Å². The number of hydrogen-bond donors (Lipinski definition) is 2. The molecule has 2 heterocycles. The fraction of sp³-hybridized carbons (Fsp3) is 0.474. The van der Waals surface area contributed by atoms with E-state index in [0.29, 0.717) is 37.1 Å². The van der Waals surface area contributed by atoms with Crippen LogP contribution in [0.25, 0.3) is 0 Å². The molecular weight excluding hydrogens is 410 g/mol. The molecule has 3 rings (SSSR count). The highest BCUT2D eigenvalue weighted by atomic mass is 32.2. The summed E-state index contributed by atoms with van der Waals surface area (Å²) in [6.45, 7) is 1.95. The third kappa shape index (κ3) is 5.70. The van der Waals surface area contributed by atoms with E-state index in [2.05, 4.69) is 31.1 Å². The van der Waals surface area contributed by atoms with Crippen molar-refractivity contribution in [3.05, 3.63) is 41.7 Å². The summed E-state index contributed by atoms with van der Waals surface area (Å²) in [6.07, 6.45) is 5.21. The summed E-state index contributed by atoms with van der Waals surface area (Å²) < 4.78 is 28.2. The molecule has 0 amide bonds. The van der Waals surface area contributed by atoms with Crippen molar-refractivity contribution in [1.29, 1.82) is 0 Å². The summed E-state index contributed by atoms with van der Waals surface area (Å²) in [4.78, 5) is 21.2. The Kier molecular flexibility index (Phi) is 6.94. The lowest BCUT2D eigenvalue weighted by molar-refractivity contribution is 0.100. The Bertz CT molecular complexity index is 1070. The molecule has 1 saturated carbocycles. The summed E-state index contributed by atoms with van der Waals surface area (Å²) in [6, 6.07) is 1.62. The van der Waals surface area contributed by atoms with E-state index in [0.717, 1.165) is 0 Å². The van der Waals surface area contributed by atoms with Crippen LogP contribution in [0.3, 0.4) is 0 Å². The van der Waals surface area contributed by atoms with E-state index < -0.39 is 16.4 Å². The Morgan fingerprint density at radius 2 is 2.23 bits per heavy atom. The van der Waals surface area contributed by atoms with Crippen molar-refractivity contribution < 1.29 is 22.5 Å². The second kappa shape index (κ2) is 9.44. The van der Waals surface area contributed by atoms with Crippen LogP contribution in [0.5, 0.6) is 0 Å². The molecule has 3 N–H and O–H groups in total. The molecule has 1 aliphatic carbocycles. The summed E-state index contributed by atoms with van der Waals surface area (Å²) in [5.41, 5.74) is 1.18. The molecule has 2 aromatic heterocycles. The van der Waals surface area contributed by atoms with Crippen molar-refractivity contribution in [1.82, 2.24) is 19.7 Å². The fourth-order valence-electron chi connectivity index (χ4n) is 3.59. The van der Waals surface area contributed by atoms with Crippen molar-refractivity contribution in [2.75, 3.05) is 6.61 Å². The van der Waals surface area contributed by atoms with Crippen LogP contribution in [0.2, 0.25) is 0 Å². The van der Waals surface area contributed by atoms with Gasteiger partial charge in [-0.25, -0.2) is 15.1 Å². The summed E-state index contributed by atoms with van der Waals surface area (Å²) in [7, 11) is -4.06. The van der Waals surface area contributed by atoms with Crippen LogP contribution in [-0.4, -0.2) is 51.8 Å². The average molecular weight is 433 g/mol. The van der Waals surface area contributed by atoms with Crippen molar-refractivity contribution in [2.45, 2.75) is 38.8 Å². The van der Waals surface area contributed by atoms with E-state index in [1.54, 1.807) is 23.9 Å². The molecule has 3 atom stereocenters. The van der Waals surface area contributed by atoms with Crippen LogP contribution < -0.4 is 5.14 Å². The normalized spacial score (nSPS) is 21.2. The van der Waals surface area contributed by atoms with Gasteiger partial charge >= 0.3 is 10.3 Å². The van der Waals surface area contributed by atoms with Gasteiger partial charge in [-0.1, -0.05) is 5.92 Å². The van der Waals surface area contributed by atoms with Crippen LogP contribution in [0, 0.1) is 23.7 Å². The van der Waals surface area contributed by atoms with E-state index in [1.165, 1.54) is 12.5 Å². The predicted octanol–water partition coefficient (Wildman–Crippen LogP) is 0.0771. The summed E-state index contributed by atoms with van der Waals surface area (Å²) in [5.74, 6) is 5.01. The molecule has 1 fully saturated rings. The first kappa shape index (κ1) is 22.0. The highest BCUT2D eigenvalue weighted by Gasteiger charge is 2.35. The maximum absolute atomic E-state index is 12.9. The standard InChI is InChI=1S/C19H23N5O5S/c1-2-3-5-24-6-4-16(23-24)19(26)15-10-21-12-22-17(15)8-13-7-14(18(25)9-13)11-29-30(20,27)28/h4,6,10,12-14,18,25H,5,7-9,11H2,1H3,(H2,20,27,28)/t13-,14+,18-/m0/s1. The largest absolute Gasteiger partial charge is 0.393 e. The van der Waals surface area contributed by atoms with Crippen LogP contribution >= 0.6 is 0 Å². The Balaban J connectivity index is 1.70. The molecule has 10 nitrogen and oxygen atoms in total. The number of nitrogens with zero attached hydrogens (tertiary/aromatic N) is 4. The molecule has 2 aromatic rings. The zero-order valence-corrected chi connectivity index (χ0v) is 17.2. The first-order valence-corrected chi connectivity index (χ1v) is 10.9. The van der Waals surface area contributed by atoms with Crippen LogP contribution in [0.15, 0.2) is 24.8 Å². The molecule has 1 aliphatic rings. The first-order chi connectivity index (χ1) is 14.3. The zero-order valence-electron chi connectivity index (χ0n) is 16.4. The molecule has 160 valence electrons. The van der Waals surface area contributed by atoms with E-state index >= 15 is 0 Å². The summed E-state index contributed by atoms with van der Waals surface area (Å²) in [5, 5.41) is 19.3. The smallest absolute Gasteiger partial charge is 0.333 e. The minimum atomic E-state index is -4.06. The molecule has 30 heavy (non-hydrogen) atoms. The predicted molar refractivity (Wildman–Crippen MR) is 106 cm³/mol. The second-order valence-electron chi connectivity index (χ2n) is 7.18. The molecule has 0 radical (unpaired) electrons. The van der Waals surface area contributed by atoms with Crippen molar-refractivity contribution in [2.24, 2.45) is 17.0 Å². The summed E-state index contributed by atoms with van der Waals surface area (Å²) >= 11 is 0. The number of aromatic nitrogens is 4. The Hall–Kier alpha value is -2.65. The van der Waals surface area contributed by atoms with Crippen molar-refractivity contribution >= 4 is 16.1 Å². The lowest BCUT2D eigenvalue weighted by atomic mass is 9.96. The third-order valence-corrected chi connectivity index (χ3v) is 5.48. The van der Waals surface area contributed by atoms with Crippen LogP contribution in [0.1, 0.15) is 41.5 Å². The highest BCUT2D eigenvalue weighted by molar-refractivity contribution is 7.84. The molecule has 11 heteroatoms. The second-order valence-corrected chi connectivity index (χ2v) is 8.41. The Morgan fingerprint density at radius 1 is 1.43 bits per heavy atom. The molecule has 0 saturated heterocycles. The Labute approximate surface area is 174 Å². The van der Waals surface area contributed by atoms with Gasteiger partial charge in [0, 0.05) is 18.3 Å². The fourth-order valence-corrected chi connectivity index (χ4v) is 3.96. The van der Waals surface area contributed by atoms with Gasteiger partial charge in [0.2, 0.25) is 5.78 Å². The van der Waals surface area contributed by atoms with E-state index in [1.807, 2.05) is 0 Å². The molecule has 0 spiro atoms. The van der Waals surface area contributed by atoms with Gasteiger partial charge in [-0.05, 0) is 38.2 Å². The number of carbonyl (C=O) groups is 1. The lowest BCUT2D eigenvalue weighted by Gasteiger charge is -2.13. The third-order valence-electron chi connectivity index (χ3n) is 5.01. The number of carbonyl (C=O) groups excluding carboxylic acids is 1. The number of ketones is 1. The first-order valence-electron chi connectivity index (χ1n) is 9.38. The quantitative estimate of drug-likeness (QED) is 0.439. The van der Waals surface area contributed by atoms with E-state index in [-0.39, 0.29) is 29.9 Å². The van der Waals surface area contributed by atoms with Gasteiger partial charge in [-0.3, -0.25) is 13.7 Å². The van der Waals surface area contributed by atoms with Crippen molar-refractivity contribution in [3.63, 3.8) is 0 Å². The van der Waals surface area contributed by atoms with Gasteiger partial charge in [0.05, 0.1) is 24.0 Å². The molecular formula is C19H23N5O5S. The number of rotatable bonds is 8. The number of aliphatic hydroxyl groups excluding tert-OH is 1. The van der Waals surface area contributed by atoms with Gasteiger partial charge in [0.1, 0.15) is 18.6 Å². The minimum Gasteiger partial charge on any atom is -0.393 e. The lowest BCUT2D eigenvalue weighted by Crippen LogP contribution is -2.24. The molecule has 0 bridgehead atoms. The number of hydrogen-bond acceptors (Lipinski definition) is 8. The molecule has 0 aliphatic heterocycles. The van der Waals surface area contributed by atoms with Crippen molar-refractivity contribution in [3.8, 4) is 11.8 Å². The topological polar surface area (TPSA) is 150 Å². The Morgan fingerprint density at radius 3 is 2.97 bits per heavy atom. The number of aliphatic hydroxyl groups is 1.